The highest BCUT2D eigenvalue weighted by atomic mass is 35.5. The van der Waals surface area contributed by atoms with Crippen LogP contribution in [0.2, 0.25) is 0 Å². The molecule has 0 rings (SSSR count). The number of carbonyl (C=O) groups excluding carboxylic acids is 2. The zero-order valence-electron chi connectivity index (χ0n) is 6.54. The Morgan fingerprint density at radius 1 is 1.25 bits per heavy atom. The van der Waals surface area contributed by atoms with Crippen LogP contribution in [0.3, 0.4) is 0 Å². The molecule has 4 nitrogen and oxygen atoms in total. The van der Waals surface area contributed by atoms with Gasteiger partial charge in [-0.25, -0.2) is 9.18 Å². The summed E-state index contributed by atoms with van der Waals surface area (Å²) in [5.74, 6) is -2.20. The van der Waals surface area contributed by atoms with Crippen LogP contribution in [0.25, 0.3) is 0 Å². The van der Waals surface area contributed by atoms with Gasteiger partial charge >= 0.3 is 11.9 Å². The van der Waals surface area contributed by atoms with Crippen molar-refractivity contribution in [2.75, 3.05) is 14.2 Å². The van der Waals surface area contributed by atoms with E-state index in [1.54, 1.807) is 0 Å². The maximum Gasteiger partial charge on any atom is 0.342 e. The molecular formula is C6H8ClFO4. The molecule has 70 valence electrons. The van der Waals surface area contributed by atoms with Crippen molar-refractivity contribution in [1.29, 1.82) is 0 Å². The molecule has 0 aromatic rings. The van der Waals surface area contributed by atoms with E-state index >= 15 is 0 Å². The van der Waals surface area contributed by atoms with Crippen molar-refractivity contribution < 1.29 is 23.5 Å². The molecular weight excluding hydrogens is 191 g/mol. The van der Waals surface area contributed by atoms with Crippen molar-refractivity contribution in [3.8, 4) is 0 Å². The average molecular weight is 199 g/mol. The molecule has 0 saturated carbocycles. The Hall–Kier alpha value is -0.840. The van der Waals surface area contributed by atoms with Gasteiger partial charge in [-0.2, -0.15) is 0 Å². The molecule has 0 saturated heterocycles. The quantitative estimate of drug-likeness (QED) is 0.483. The molecule has 0 aliphatic heterocycles. The maximum atomic E-state index is 12.7. The molecule has 0 N–H and O–H groups in total. The van der Waals surface area contributed by atoms with E-state index in [9.17, 15) is 14.0 Å². The second-order valence-electron chi connectivity index (χ2n) is 1.85. The largest absolute Gasteiger partial charge is 0.468 e. The van der Waals surface area contributed by atoms with Gasteiger partial charge < -0.3 is 9.47 Å². The van der Waals surface area contributed by atoms with Crippen LogP contribution in [-0.4, -0.2) is 37.7 Å². The van der Waals surface area contributed by atoms with E-state index in [2.05, 4.69) is 9.47 Å². The van der Waals surface area contributed by atoms with E-state index < -0.39 is 23.5 Å². The third-order valence-electron chi connectivity index (χ3n) is 1.11. The van der Waals surface area contributed by atoms with Gasteiger partial charge in [0.05, 0.1) is 14.2 Å². The maximum absolute atomic E-state index is 12.7. The molecule has 0 aliphatic carbocycles. The Kier molecular flexibility index (Phi) is 4.58. The van der Waals surface area contributed by atoms with E-state index in [0.717, 1.165) is 14.2 Å². The highest BCUT2D eigenvalue weighted by Gasteiger charge is 2.33. The van der Waals surface area contributed by atoms with Crippen molar-refractivity contribution in [3.63, 3.8) is 0 Å². The van der Waals surface area contributed by atoms with Crippen LogP contribution in [0.4, 0.5) is 4.39 Å². The summed E-state index contributed by atoms with van der Waals surface area (Å²) in [5.41, 5.74) is 0. The molecule has 0 fully saturated rings. The number of hydrogen-bond donors (Lipinski definition) is 0. The molecule has 0 aromatic carbocycles. The summed E-state index contributed by atoms with van der Waals surface area (Å²) in [6.07, 6.45) is -2.19. The topological polar surface area (TPSA) is 52.6 Å². The van der Waals surface area contributed by atoms with Crippen molar-refractivity contribution in [3.05, 3.63) is 0 Å². The Balaban J connectivity index is 4.18. The van der Waals surface area contributed by atoms with Crippen molar-refractivity contribution in [1.82, 2.24) is 0 Å². The van der Waals surface area contributed by atoms with Crippen LogP contribution >= 0.6 is 11.6 Å². The first-order valence-electron chi connectivity index (χ1n) is 2.98. The first-order chi connectivity index (χ1) is 5.54. The van der Waals surface area contributed by atoms with E-state index in [1.807, 2.05) is 0 Å². The fourth-order valence-electron chi connectivity index (χ4n) is 0.464. The number of hydrogen-bond acceptors (Lipinski definition) is 4. The molecule has 0 aliphatic rings. The lowest BCUT2D eigenvalue weighted by atomic mass is 10.3. The van der Waals surface area contributed by atoms with Gasteiger partial charge in [0, 0.05) is 0 Å². The van der Waals surface area contributed by atoms with Gasteiger partial charge in [0.2, 0.25) is 6.17 Å². The minimum atomic E-state index is -2.19. The van der Waals surface area contributed by atoms with Crippen LogP contribution in [0.1, 0.15) is 0 Å². The Labute approximate surface area is 73.6 Å². The lowest BCUT2D eigenvalue weighted by Gasteiger charge is -2.09. The summed E-state index contributed by atoms with van der Waals surface area (Å²) < 4.78 is 20.9. The lowest BCUT2D eigenvalue weighted by molar-refractivity contribution is -0.152. The minimum absolute atomic E-state index is 0.996. The van der Waals surface area contributed by atoms with Crippen LogP contribution < -0.4 is 0 Å². The van der Waals surface area contributed by atoms with E-state index in [4.69, 9.17) is 11.6 Å². The van der Waals surface area contributed by atoms with E-state index in [0.29, 0.717) is 0 Å². The number of alkyl halides is 2. The van der Waals surface area contributed by atoms with Gasteiger partial charge in [-0.15, -0.1) is 11.6 Å². The van der Waals surface area contributed by atoms with Crippen LogP contribution in [0.15, 0.2) is 0 Å². The Bertz CT molecular complexity index is 164. The first kappa shape index (κ1) is 11.2. The second kappa shape index (κ2) is 4.92. The summed E-state index contributed by atoms with van der Waals surface area (Å²) in [5, 5.41) is -1.65. The predicted molar refractivity (Wildman–Crippen MR) is 38.6 cm³/mol. The zero-order chi connectivity index (χ0) is 9.72. The second-order valence-corrected chi connectivity index (χ2v) is 2.32. The van der Waals surface area contributed by atoms with Crippen molar-refractivity contribution in [2.45, 2.75) is 11.5 Å². The van der Waals surface area contributed by atoms with Gasteiger partial charge in [0.15, 0.2) is 5.38 Å². The fourth-order valence-corrected chi connectivity index (χ4v) is 0.656. The normalized spacial score (nSPS) is 14.7. The SMILES string of the molecule is COC(=O)C(F)C(Cl)C(=O)OC. The van der Waals surface area contributed by atoms with Crippen LogP contribution in [0, 0.1) is 0 Å². The number of esters is 2. The van der Waals surface area contributed by atoms with Gasteiger partial charge in [0.1, 0.15) is 0 Å². The molecule has 0 heterocycles. The summed E-state index contributed by atoms with van der Waals surface area (Å²) in [6.45, 7) is 0. The van der Waals surface area contributed by atoms with Gasteiger partial charge in [-0.1, -0.05) is 0 Å². The highest BCUT2D eigenvalue weighted by molar-refractivity contribution is 6.31. The predicted octanol–water partition coefficient (Wildman–Crippen LogP) is 0.278. The molecule has 2 atom stereocenters. The molecule has 0 aromatic heterocycles. The van der Waals surface area contributed by atoms with Gasteiger partial charge in [-0.05, 0) is 0 Å². The standard InChI is InChI=1S/C6H8ClFO4/c1-11-5(9)3(7)4(8)6(10)12-2/h3-4H,1-2H3. The molecule has 2 unspecified atom stereocenters. The number of halogens is 2. The summed E-state index contributed by atoms with van der Waals surface area (Å²) >= 11 is 5.21. The van der Waals surface area contributed by atoms with Crippen LogP contribution in [-0.2, 0) is 19.1 Å². The minimum Gasteiger partial charge on any atom is -0.468 e. The van der Waals surface area contributed by atoms with Gasteiger partial charge in [-0.3, -0.25) is 4.79 Å². The monoisotopic (exact) mass is 198 g/mol. The summed E-state index contributed by atoms with van der Waals surface area (Å²) in [4.78, 5) is 21.1. The lowest BCUT2D eigenvalue weighted by Crippen LogP contribution is -2.34. The van der Waals surface area contributed by atoms with Crippen LogP contribution in [0.5, 0.6) is 0 Å². The number of methoxy groups -OCH3 is 2. The third kappa shape index (κ3) is 2.65. The highest BCUT2D eigenvalue weighted by Crippen LogP contribution is 2.10. The Morgan fingerprint density at radius 3 is 2.00 bits per heavy atom. The summed E-state index contributed by atoms with van der Waals surface area (Å²) in [6, 6.07) is 0. The van der Waals surface area contributed by atoms with E-state index in [1.165, 1.54) is 0 Å². The molecule has 0 spiro atoms. The van der Waals surface area contributed by atoms with Crippen molar-refractivity contribution >= 4 is 23.5 Å². The molecule has 0 amide bonds. The molecule has 6 heteroatoms. The van der Waals surface area contributed by atoms with Gasteiger partial charge in [0.25, 0.3) is 0 Å². The zero-order valence-corrected chi connectivity index (χ0v) is 7.30. The van der Waals surface area contributed by atoms with Crippen molar-refractivity contribution in [2.24, 2.45) is 0 Å². The fraction of sp³-hybridized carbons (Fsp3) is 0.667. The van der Waals surface area contributed by atoms with E-state index in [-0.39, 0.29) is 0 Å². The average Bonchev–Trinajstić information content (AvgIpc) is 2.12. The first-order valence-corrected chi connectivity index (χ1v) is 3.42. The number of carbonyl (C=O) groups is 2. The molecule has 0 radical (unpaired) electrons. The molecule has 0 bridgehead atoms. The summed E-state index contributed by atoms with van der Waals surface area (Å²) in [7, 11) is 2.04. The molecule has 12 heavy (non-hydrogen) atoms. The number of ether oxygens (including phenoxy) is 2. The number of rotatable bonds is 3. The third-order valence-corrected chi connectivity index (χ3v) is 1.51. The smallest absolute Gasteiger partial charge is 0.342 e. The Morgan fingerprint density at radius 2 is 1.67 bits per heavy atom.